The number of fused-ring (bicyclic) bond motifs is 3. The lowest BCUT2D eigenvalue weighted by Crippen LogP contribution is -2.40. The second kappa shape index (κ2) is 7.10. The van der Waals surface area contributed by atoms with Gasteiger partial charge in [0.25, 0.3) is 5.91 Å². The van der Waals surface area contributed by atoms with Crippen LogP contribution in [0, 0.1) is 0 Å². The average molecular weight is 427 g/mol. The van der Waals surface area contributed by atoms with Crippen molar-refractivity contribution in [1.29, 1.82) is 0 Å². The van der Waals surface area contributed by atoms with Crippen LogP contribution in [0.1, 0.15) is 32.5 Å². The van der Waals surface area contributed by atoms with E-state index in [2.05, 4.69) is 38.7 Å². The number of carbonyl (C=O) groups excluding carboxylic acids is 1. The molecule has 0 saturated heterocycles. The Kier molecular flexibility index (Phi) is 4.21. The number of nitrogens with one attached hydrogen (secondary N) is 1. The normalized spacial score (nSPS) is 16.2. The number of aryl methyl sites for hydroxylation is 1. The lowest BCUT2D eigenvalue weighted by molar-refractivity contribution is 0.0665. The molecule has 4 heterocycles. The quantitative estimate of drug-likeness (QED) is 0.436. The molecule has 2 aromatic carbocycles. The van der Waals surface area contributed by atoms with Crippen molar-refractivity contribution in [3.8, 4) is 0 Å². The number of carbonyl (C=O) groups is 1. The molecule has 1 aliphatic rings. The van der Waals surface area contributed by atoms with Crippen molar-refractivity contribution in [2.75, 3.05) is 6.54 Å². The molecule has 154 valence electrons. The molecule has 5 aromatic rings. The molecule has 1 N–H and O–H groups in total. The summed E-state index contributed by atoms with van der Waals surface area (Å²) < 4.78 is 2.04. The van der Waals surface area contributed by atoms with E-state index in [0.29, 0.717) is 0 Å². The molecule has 0 radical (unpaired) electrons. The number of aromatic nitrogens is 3. The number of rotatable bonds is 3. The third-order valence-corrected chi connectivity index (χ3v) is 7.47. The molecule has 5 nitrogen and oxygen atoms in total. The minimum atomic E-state index is -0.000857. The topological polar surface area (TPSA) is 53.9 Å². The third-order valence-electron chi connectivity index (χ3n) is 6.41. The molecule has 1 aliphatic heterocycles. The van der Waals surface area contributed by atoms with Crippen LogP contribution in [-0.2, 0) is 19.9 Å². The Morgan fingerprint density at radius 3 is 2.84 bits per heavy atom. The Labute approximate surface area is 183 Å². The van der Waals surface area contributed by atoms with Gasteiger partial charge < -0.3 is 9.47 Å². The monoisotopic (exact) mass is 426 g/mol. The number of thiophene rings is 1. The fourth-order valence-corrected chi connectivity index (χ4v) is 5.93. The van der Waals surface area contributed by atoms with Crippen molar-refractivity contribution in [3.05, 3.63) is 87.9 Å². The van der Waals surface area contributed by atoms with Crippen molar-refractivity contribution in [3.63, 3.8) is 0 Å². The highest BCUT2D eigenvalue weighted by Crippen LogP contribution is 2.38. The van der Waals surface area contributed by atoms with Gasteiger partial charge in [-0.1, -0.05) is 36.4 Å². The fourth-order valence-electron chi connectivity index (χ4n) is 4.86. The van der Waals surface area contributed by atoms with E-state index in [0.717, 1.165) is 52.4 Å². The summed E-state index contributed by atoms with van der Waals surface area (Å²) in [7, 11) is 2.00. The molecule has 0 bridgehead atoms. The highest BCUT2D eigenvalue weighted by molar-refractivity contribution is 7.10. The van der Waals surface area contributed by atoms with Crippen LogP contribution in [0.2, 0.25) is 0 Å². The summed E-state index contributed by atoms with van der Waals surface area (Å²) in [6.07, 6.45) is 3.60. The van der Waals surface area contributed by atoms with Gasteiger partial charge in [0.2, 0.25) is 0 Å². The van der Waals surface area contributed by atoms with Crippen LogP contribution < -0.4 is 0 Å². The summed E-state index contributed by atoms with van der Waals surface area (Å²) in [4.78, 5) is 17.2. The second-order valence-corrected chi connectivity index (χ2v) is 9.12. The van der Waals surface area contributed by atoms with E-state index in [-0.39, 0.29) is 11.9 Å². The molecule has 1 atom stereocenters. The van der Waals surface area contributed by atoms with Crippen molar-refractivity contribution in [1.82, 2.24) is 19.7 Å². The van der Waals surface area contributed by atoms with Crippen LogP contribution in [0.3, 0.4) is 0 Å². The van der Waals surface area contributed by atoms with Gasteiger partial charge in [-0.25, -0.2) is 0 Å². The average Bonchev–Trinajstić information content (AvgIpc) is 3.52. The summed E-state index contributed by atoms with van der Waals surface area (Å²) in [5, 5.41) is 12.0. The van der Waals surface area contributed by atoms with Gasteiger partial charge in [-0.3, -0.25) is 9.89 Å². The number of benzene rings is 2. The second-order valence-electron chi connectivity index (χ2n) is 8.17. The lowest BCUT2D eigenvalue weighted by atomic mass is 9.96. The van der Waals surface area contributed by atoms with Crippen LogP contribution in [0.5, 0.6) is 0 Å². The van der Waals surface area contributed by atoms with Gasteiger partial charge >= 0.3 is 0 Å². The molecule has 1 amide bonds. The number of nitrogens with zero attached hydrogens (tertiary/aromatic N) is 3. The summed E-state index contributed by atoms with van der Waals surface area (Å²) in [5.41, 5.74) is 5.26. The molecule has 0 aliphatic carbocycles. The van der Waals surface area contributed by atoms with E-state index in [1.165, 1.54) is 10.4 Å². The highest BCUT2D eigenvalue weighted by Gasteiger charge is 2.34. The number of hydrogen-bond acceptors (Lipinski definition) is 3. The Balaban J connectivity index is 1.43. The van der Waals surface area contributed by atoms with E-state index in [1.807, 2.05) is 54.2 Å². The molecule has 31 heavy (non-hydrogen) atoms. The summed E-state index contributed by atoms with van der Waals surface area (Å²) in [6.45, 7) is 0.725. The van der Waals surface area contributed by atoms with Gasteiger partial charge in [0.15, 0.2) is 0 Å². The maximum atomic E-state index is 13.9. The minimum absolute atomic E-state index is 0.000857. The molecule has 0 fully saturated rings. The molecular weight excluding hydrogens is 404 g/mol. The van der Waals surface area contributed by atoms with Crippen LogP contribution >= 0.6 is 11.3 Å². The molecule has 0 spiro atoms. The zero-order valence-corrected chi connectivity index (χ0v) is 18.0. The van der Waals surface area contributed by atoms with Crippen LogP contribution in [0.4, 0.5) is 0 Å². The van der Waals surface area contributed by atoms with Gasteiger partial charge in [0, 0.05) is 53.1 Å². The standard InChI is InChI=1S/C25H22N4OS/c1-28-15-19(17-6-3-5-9-22(17)28)25(30)29-12-10-16-11-13-31-24(16)23(29)14-21-18-7-2-4-8-20(18)26-27-21/h2-9,11,13,15,23H,10,12,14H2,1H3,(H,26,27). The number of para-hydroxylation sites is 2. The SMILES string of the molecule is Cn1cc(C(=O)N2CCc3ccsc3C2Cc2[nH]nc3ccccc23)c2ccccc21. The van der Waals surface area contributed by atoms with Gasteiger partial charge in [-0.05, 0) is 35.6 Å². The zero-order chi connectivity index (χ0) is 20.9. The third kappa shape index (κ3) is 2.90. The first-order valence-corrected chi connectivity index (χ1v) is 11.4. The Hall–Kier alpha value is -3.38. The minimum Gasteiger partial charge on any atom is -0.350 e. The van der Waals surface area contributed by atoms with E-state index >= 15 is 0 Å². The van der Waals surface area contributed by atoms with Crippen LogP contribution in [0.25, 0.3) is 21.8 Å². The molecule has 3 aromatic heterocycles. The first kappa shape index (κ1) is 18.4. The van der Waals surface area contributed by atoms with Crippen molar-refractivity contribution in [2.45, 2.75) is 18.9 Å². The summed E-state index contributed by atoms with van der Waals surface area (Å²) in [6, 6.07) is 18.5. The van der Waals surface area contributed by atoms with Gasteiger partial charge in [0.05, 0.1) is 17.1 Å². The molecule has 6 rings (SSSR count). The Bertz CT molecular complexity index is 1430. The largest absolute Gasteiger partial charge is 0.350 e. The molecule has 0 saturated carbocycles. The summed E-state index contributed by atoms with van der Waals surface area (Å²) >= 11 is 1.75. The predicted molar refractivity (Wildman–Crippen MR) is 125 cm³/mol. The van der Waals surface area contributed by atoms with Gasteiger partial charge in [0.1, 0.15) is 0 Å². The summed E-state index contributed by atoms with van der Waals surface area (Å²) in [5.74, 6) is 0.102. The maximum absolute atomic E-state index is 13.9. The highest BCUT2D eigenvalue weighted by atomic mass is 32.1. The fraction of sp³-hybridized carbons (Fsp3) is 0.200. The van der Waals surface area contributed by atoms with Gasteiger partial charge in [-0.2, -0.15) is 5.10 Å². The number of H-pyrrole nitrogens is 1. The number of aromatic amines is 1. The number of amides is 1. The van der Waals surface area contributed by atoms with E-state index in [9.17, 15) is 4.79 Å². The lowest BCUT2D eigenvalue weighted by Gasteiger charge is -2.35. The van der Waals surface area contributed by atoms with Crippen molar-refractivity contribution >= 4 is 39.0 Å². The smallest absolute Gasteiger partial charge is 0.256 e. The van der Waals surface area contributed by atoms with Crippen molar-refractivity contribution in [2.24, 2.45) is 7.05 Å². The first-order valence-electron chi connectivity index (χ1n) is 10.5. The van der Waals surface area contributed by atoms with E-state index in [4.69, 9.17) is 0 Å². The molecule has 1 unspecified atom stereocenters. The molecule has 6 heteroatoms. The van der Waals surface area contributed by atoms with Crippen LogP contribution in [-0.4, -0.2) is 32.1 Å². The maximum Gasteiger partial charge on any atom is 0.256 e. The number of hydrogen-bond donors (Lipinski definition) is 1. The first-order chi connectivity index (χ1) is 15.2. The predicted octanol–water partition coefficient (Wildman–Crippen LogP) is 5.10. The van der Waals surface area contributed by atoms with Gasteiger partial charge in [-0.15, -0.1) is 11.3 Å². The molecular formula is C25H22N4OS. The van der Waals surface area contributed by atoms with Crippen molar-refractivity contribution < 1.29 is 4.79 Å². The zero-order valence-electron chi connectivity index (χ0n) is 17.2. The van der Waals surface area contributed by atoms with E-state index in [1.54, 1.807) is 11.3 Å². The Morgan fingerprint density at radius 2 is 1.94 bits per heavy atom. The Morgan fingerprint density at radius 1 is 1.13 bits per heavy atom. The van der Waals surface area contributed by atoms with Crippen LogP contribution in [0.15, 0.2) is 66.2 Å². The van der Waals surface area contributed by atoms with E-state index < -0.39 is 0 Å².